The van der Waals surface area contributed by atoms with Gasteiger partial charge in [-0.1, -0.05) is 30.3 Å². The number of hydrogen-bond donors (Lipinski definition) is 1. The molecule has 1 atom stereocenters. The van der Waals surface area contributed by atoms with Crippen molar-refractivity contribution in [2.45, 2.75) is 44.6 Å². The molecule has 1 amide bonds. The van der Waals surface area contributed by atoms with Gasteiger partial charge in [-0.05, 0) is 62.4 Å². The van der Waals surface area contributed by atoms with Crippen molar-refractivity contribution in [3.05, 3.63) is 71.0 Å². The summed E-state index contributed by atoms with van der Waals surface area (Å²) in [6.45, 7) is 4.80. The number of likely N-dealkylation sites (tertiary alicyclic amines) is 1. The quantitative estimate of drug-likeness (QED) is 0.875. The first-order valence-electron chi connectivity index (χ1n) is 9.18. The van der Waals surface area contributed by atoms with E-state index in [1.54, 1.807) is 19.9 Å². The van der Waals surface area contributed by atoms with E-state index in [9.17, 15) is 14.3 Å². The number of benzene rings is 2. The number of carbonyl (C=O) groups excluding carboxylic acids is 1. The summed E-state index contributed by atoms with van der Waals surface area (Å²) in [7, 11) is 0. The van der Waals surface area contributed by atoms with Crippen molar-refractivity contribution in [2.75, 3.05) is 13.1 Å². The van der Waals surface area contributed by atoms with E-state index in [1.165, 1.54) is 6.07 Å². The van der Waals surface area contributed by atoms with Gasteiger partial charge in [-0.2, -0.15) is 0 Å². The van der Waals surface area contributed by atoms with Crippen LogP contribution in [0.2, 0.25) is 0 Å². The van der Waals surface area contributed by atoms with Crippen molar-refractivity contribution in [1.29, 1.82) is 0 Å². The smallest absolute Gasteiger partial charge is 0.253 e. The van der Waals surface area contributed by atoms with Crippen molar-refractivity contribution in [3.63, 3.8) is 0 Å². The van der Waals surface area contributed by atoms with E-state index < -0.39 is 5.60 Å². The zero-order valence-electron chi connectivity index (χ0n) is 15.4. The van der Waals surface area contributed by atoms with Crippen LogP contribution < -0.4 is 0 Å². The van der Waals surface area contributed by atoms with Crippen molar-refractivity contribution in [2.24, 2.45) is 0 Å². The van der Waals surface area contributed by atoms with Crippen molar-refractivity contribution in [1.82, 2.24) is 4.90 Å². The van der Waals surface area contributed by atoms with Gasteiger partial charge >= 0.3 is 0 Å². The van der Waals surface area contributed by atoms with E-state index in [-0.39, 0.29) is 17.6 Å². The molecule has 1 aliphatic rings. The molecular formula is C22H26FNO2. The molecule has 2 aromatic carbocycles. The van der Waals surface area contributed by atoms with E-state index >= 15 is 0 Å². The lowest BCUT2D eigenvalue weighted by molar-refractivity contribution is 0.0713. The summed E-state index contributed by atoms with van der Waals surface area (Å²) in [6, 6.07) is 14.4. The second-order valence-electron chi connectivity index (χ2n) is 7.77. The molecule has 3 rings (SSSR count). The van der Waals surface area contributed by atoms with Gasteiger partial charge in [0.05, 0.1) is 5.60 Å². The van der Waals surface area contributed by atoms with Crippen LogP contribution in [0.25, 0.3) is 0 Å². The van der Waals surface area contributed by atoms with Crippen LogP contribution in [0.4, 0.5) is 4.39 Å². The molecule has 0 spiro atoms. The number of carbonyl (C=O) groups is 1. The Morgan fingerprint density at radius 1 is 1.19 bits per heavy atom. The normalized spacial score (nSPS) is 17.5. The van der Waals surface area contributed by atoms with Crippen molar-refractivity contribution >= 4 is 5.91 Å². The lowest BCUT2D eigenvalue weighted by Crippen LogP contribution is -2.28. The molecule has 1 saturated heterocycles. The minimum absolute atomic E-state index is 0.00197. The van der Waals surface area contributed by atoms with Gasteiger partial charge in [-0.15, -0.1) is 0 Å². The van der Waals surface area contributed by atoms with Crippen molar-refractivity contribution in [3.8, 4) is 0 Å². The summed E-state index contributed by atoms with van der Waals surface area (Å²) in [5.41, 5.74) is 1.77. The first-order valence-corrected chi connectivity index (χ1v) is 9.18. The van der Waals surface area contributed by atoms with E-state index in [0.29, 0.717) is 30.6 Å². The van der Waals surface area contributed by atoms with E-state index in [4.69, 9.17) is 0 Å². The molecular weight excluding hydrogens is 329 g/mol. The molecule has 1 fully saturated rings. The average Bonchev–Trinajstić information content (AvgIpc) is 3.09. The number of hydrogen-bond acceptors (Lipinski definition) is 2. The fourth-order valence-electron chi connectivity index (χ4n) is 3.45. The van der Waals surface area contributed by atoms with Gasteiger partial charge in [0.15, 0.2) is 0 Å². The third-order valence-corrected chi connectivity index (χ3v) is 5.05. The van der Waals surface area contributed by atoms with E-state index in [2.05, 4.69) is 0 Å². The standard InChI is InChI=1S/C22H26FNO2/c1-22(2,26)13-11-16-7-9-17(10-8-16)21(25)24-14-12-18(15-24)19-5-3-4-6-20(19)23/h3-10,18,26H,11-15H2,1-2H3. The third kappa shape index (κ3) is 4.50. The van der Waals surface area contributed by atoms with Crippen LogP contribution in [0.3, 0.4) is 0 Å². The molecule has 138 valence electrons. The molecule has 0 saturated carbocycles. The number of nitrogens with zero attached hydrogens (tertiary/aromatic N) is 1. The van der Waals surface area contributed by atoms with Gasteiger partial charge in [0.2, 0.25) is 0 Å². The van der Waals surface area contributed by atoms with Gasteiger partial charge in [-0.25, -0.2) is 4.39 Å². The number of rotatable bonds is 5. The van der Waals surface area contributed by atoms with Gasteiger partial charge < -0.3 is 10.0 Å². The number of aliphatic hydroxyl groups is 1. The zero-order chi connectivity index (χ0) is 18.7. The molecule has 1 heterocycles. The second kappa shape index (κ2) is 7.58. The van der Waals surface area contributed by atoms with Crippen molar-refractivity contribution < 1.29 is 14.3 Å². The van der Waals surface area contributed by atoms with Crippen LogP contribution in [0.5, 0.6) is 0 Å². The summed E-state index contributed by atoms with van der Waals surface area (Å²) >= 11 is 0. The summed E-state index contributed by atoms with van der Waals surface area (Å²) in [4.78, 5) is 14.5. The molecule has 0 aromatic heterocycles. The summed E-state index contributed by atoms with van der Waals surface area (Å²) in [5.74, 6) is -0.132. The molecule has 26 heavy (non-hydrogen) atoms. The van der Waals surface area contributed by atoms with Gasteiger partial charge in [0.1, 0.15) is 5.82 Å². The topological polar surface area (TPSA) is 40.5 Å². The Bertz CT molecular complexity index is 764. The Balaban J connectivity index is 1.62. The fraction of sp³-hybridized carbons (Fsp3) is 0.409. The molecule has 0 bridgehead atoms. The minimum Gasteiger partial charge on any atom is -0.390 e. The average molecular weight is 355 g/mol. The Kier molecular flexibility index (Phi) is 5.42. The number of amides is 1. The Morgan fingerprint density at radius 3 is 2.54 bits per heavy atom. The lowest BCUT2D eigenvalue weighted by Gasteiger charge is -2.18. The summed E-state index contributed by atoms with van der Waals surface area (Å²) in [6.07, 6.45) is 2.24. The molecule has 1 aliphatic heterocycles. The summed E-state index contributed by atoms with van der Waals surface area (Å²) < 4.78 is 14.0. The van der Waals surface area contributed by atoms with Gasteiger partial charge in [-0.3, -0.25) is 4.79 Å². The molecule has 4 heteroatoms. The maximum absolute atomic E-state index is 14.0. The number of halogens is 1. The van der Waals surface area contributed by atoms with Crippen LogP contribution in [0.15, 0.2) is 48.5 Å². The SMILES string of the molecule is CC(C)(O)CCc1ccc(C(=O)N2CCC(c3ccccc3F)C2)cc1. The molecule has 2 aromatic rings. The van der Waals surface area contributed by atoms with Gasteiger partial charge in [0, 0.05) is 24.6 Å². The highest BCUT2D eigenvalue weighted by Crippen LogP contribution is 2.29. The Morgan fingerprint density at radius 2 is 1.88 bits per heavy atom. The van der Waals surface area contributed by atoms with Gasteiger partial charge in [0.25, 0.3) is 5.91 Å². The summed E-state index contributed by atoms with van der Waals surface area (Å²) in [5, 5.41) is 9.82. The van der Waals surface area contributed by atoms with Crippen LogP contribution >= 0.6 is 0 Å². The number of aryl methyl sites for hydroxylation is 1. The van der Waals surface area contributed by atoms with E-state index in [1.807, 2.05) is 41.3 Å². The minimum atomic E-state index is -0.689. The Labute approximate surface area is 154 Å². The first-order chi connectivity index (χ1) is 12.3. The van der Waals surface area contributed by atoms with Crippen LogP contribution in [0, 0.1) is 5.82 Å². The predicted octanol–water partition coefficient (Wildman–Crippen LogP) is 4.16. The van der Waals surface area contributed by atoms with Crippen LogP contribution in [0.1, 0.15) is 54.1 Å². The largest absolute Gasteiger partial charge is 0.390 e. The highest BCUT2D eigenvalue weighted by molar-refractivity contribution is 5.94. The highest BCUT2D eigenvalue weighted by Gasteiger charge is 2.29. The Hall–Kier alpha value is -2.20. The molecule has 1 unspecified atom stereocenters. The third-order valence-electron chi connectivity index (χ3n) is 5.05. The fourth-order valence-corrected chi connectivity index (χ4v) is 3.45. The van der Waals surface area contributed by atoms with Crippen LogP contribution in [-0.4, -0.2) is 34.6 Å². The maximum atomic E-state index is 14.0. The molecule has 1 N–H and O–H groups in total. The van der Waals surface area contributed by atoms with E-state index in [0.717, 1.165) is 18.4 Å². The molecule has 0 aliphatic carbocycles. The first kappa shape index (κ1) is 18.6. The van der Waals surface area contributed by atoms with Crippen LogP contribution in [-0.2, 0) is 6.42 Å². The molecule has 0 radical (unpaired) electrons. The monoisotopic (exact) mass is 355 g/mol. The zero-order valence-corrected chi connectivity index (χ0v) is 15.4. The second-order valence-corrected chi connectivity index (χ2v) is 7.77. The molecule has 3 nitrogen and oxygen atoms in total. The maximum Gasteiger partial charge on any atom is 0.253 e. The highest BCUT2D eigenvalue weighted by atomic mass is 19.1. The predicted molar refractivity (Wildman–Crippen MR) is 101 cm³/mol. The lowest BCUT2D eigenvalue weighted by atomic mass is 9.98.